The van der Waals surface area contributed by atoms with Crippen LogP contribution in [-0.2, 0) is 4.79 Å². The zero-order valence-electron chi connectivity index (χ0n) is 16.3. The number of carbonyl (C=O) groups is 1. The Labute approximate surface area is 184 Å². The van der Waals surface area contributed by atoms with Gasteiger partial charge in [-0.3, -0.25) is 4.79 Å². The minimum atomic E-state index is -0.361. The first-order valence-corrected chi connectivity index (χ1v) is 10.8. The molecule has 0 saturated carbocycles. The number of rotatable bonds is 6. The van der Waals surface area contributed by atoms with Gasteiger partial charge >= 0.3 is 0 Å². The number of carbonyl (C=O) groups excluding carboxylic acids is 1. The highest BCUT2D eigenvalue weighted by molar-refractivity contribution is 8.00. The fourth-order valence-corrected chi connectivity index (χ4v) is 4.03. The predicted octanol–water partition coefficient (Wildman–Crippen LogP) is 6.52. The molecular weight excluding hydrogens is 414 g/mol. The Morgan fingerprint density at radius 3 is 2.20 bits per heavy atom. The standard InChI is InChI=1S/C24H20ClN3OS/c1-16(23(29)26-20-15-9-8-14-19(20)25)30-24-27-21(17-10-4-2-5-11-17)22(28-24)18-12-6-3-7-13-18/h2-16H,1H3,(H,26,29)(H,27,28). The van der Waals surface area contributed by atoms with Crippen molar-refractivity contribution >= 4 is 35.0 Å². The van der Waals surface area contributed by atoms with E-state index in [1.807, 2.05) is 79.7 Å². The summed E-state index contributed by atoms with van der Waals surface area (Å²) in [5.41, 5.74) is 4.47. The minimum absolute atomic E-state index is 0.132. The van der Waals surface area contributed by atoms with Gasteiger partial charge in [-0.1, -0.05) is 96.2 Å². The molecule has 0 bridgehead atoms. The van der Waals surface area contributed by atoms with Crippen molar-refractivity contribution in [2.45, 2.75) is 17.3 Å². The Balaban J connectivity index is 1.59. The number of benzene rings is 3. The van der Waals surface area contributed by atoms with Crippen LogP contribution in [0.15, 0.2) is 90.1 Å². The fraction of sp³-hybridized carbons (Fsp3) is 0.0833. The van der Waals surface area contributed by atoms with Crippen molar-refractivity contribution in [3.8, 4) is 22.5 Å². The summed E-state index contributed by atoms with van der Waals surface area (Å²) in [6.45, 7) is 1.85. The van der Waals surface area contributed by atoms with Crippen LogP contribution in [0.4, 0.5) is 5.69 Å². The highest BCUT2D eigenvalue weighted by Gasteiger charge is 2.20. The molecule has 4 nitrogen and oxygen atoms in total. The van der Waals surface area contributed by atoms with Gasteiger partial charge in [-0.15, -0.1) is 0 Å². The van der Waals surface area contributed by atoms with E-state index in [1.165, 1.54) is 11.8 Å². The van der Waals surface area contributed by atoms with Gasteiger partial charge in [0.1, 0.15) is 0 Å². The first-order chi connectivity index (χ1) is 14.6. The number of amides is 1. The molecule has 0 radical (unpaired) electrons. The number of hydrogen-bond donors (Lipinski definition) is 2. The summed E-state index contributed by atoms with van der Waals surface area (Å²) in [6.07, 6.45) is 0. The van der Waals surface area contributed by atoms with Crippen molar-refractivity contribution in [2.24, 2.45) is 0 Å². The lowest BCUT2D eigenvalue weighted by molar-refractivity contribution is -0.115. The molecule has 0 aliphatic heterocycles. The van der Waals surface area contributed by atoms with E-state index < -0.39 is 0 Å². The molecular formula is C24H20ClN3OS. The van der Waals surface area contributed by atoms with Gasteiger partial charge in [0, 0.05) is 11.1 Å². The Hall–Kier alpha value is -3.02. The van der Waals surface area contributed by atoms with Crippen LogP contribution < -0.4 is 5.32 Å². The van der Waals surface area contributed by atoms with E-state index in [4.69, 9.17) is 16.6 Å². The average molecular weight is 434 g/mol. The van der Waals surface area contributed by atoms with Gasteiger partial charge in [-0.25, -0.2) is 4.98 Å². The summed E-state index contributed by atoms with van der Waals surface area (Å²) in [5, 5.41) is 3.72. The molecule has 2 N–H and O–H groups in total. The summed E-state index contributed by atoms with van der Waals surface area (Å²) < 4.78 is 0. The van der Waals surface area contributed by atoms with Gasteiger partial charge in [0.25, 0.3) is 0 Å². The number of halogens is 1. The highest BCUT2D eigenvalue weighted by Crippen LogP contribution is 2.34. The molecule has 6 heteroatoms. The Kier molecular flexibility index (Phi) is 6.21. The number of H-pyrrole nitrogens is 1. The van der Waals surface area contributed by atoms with Crippen molar-refractivity contribution in [1.82, 2.24) is 9.97 Å². The van der Waals surface area contributed by atoms with Crippen molar-refractivity contribution in [3.63, 3.8) is 0 Å². The van der Waals surface area contributed by atoms with Crippen molar-refractivity contribution in [2.75, 3.05) is 5.32 Å². The van der Waals surface area contributed by atoms with Crippen molar-refractivity contribution < 1.29 is 4.79 Å². The number of imidazole rings is 1. The number of anilines is 1. The van der Waals surface area contributed by atoms with Crippen LogP contribution in [0.5, 0.6) is 0 Å². The zero-order chi connectivity index (χ0) is 20.9. The number of nitrogens with zero attached hydrogens (tertiary/aromatic N) is 1. The molecule has 1 amide bonds. The molecule has 1 heterocycles. The fourth-order valence-electron chi connectivity index (χ4n) is 3.04. The quantitative estimate of drug-likeness (QED) is 0.340. The molecule has 1 aromatic heterocycles. The van der Waals surface area contributed by atoms with Gasteiger partial charge in [0.2, 0.25) is 5.91 Å². The van der Waals surface area contributed by atoms with E-state index in [2.05, 4.69) is 10.3 Å². The Morgan fingerprint density at radius 1 is 0.933 bits per heavy atom. The molecule has 0 aliphatic carbocycles. The normalized spacial score (nSPS) is 11.8. The molecule has 0 saturated heterocycles. The van der Waals surface area contributed by atoms with E-state index in [0.717, 1.165) is 22.5 Å². The lowest BCUT2D eigenvalue weighted by atomic mass is 10.1. The van der Waals surface area contributed by atoms with Crippen molar-refractivity contribution in [3.05, 3.63) is 90.0 Å². The summed E-state index contributed by atoms with van der Waals surface area (Å²) >= 11 is 7.53. The topological polar surface area (TPSA) is 57.8 Å². The molecule has 3 aromatic carbocycles. The Morgan fingerprint density at radius 2 is 1.53 bits per heavy atom. The van der Waals surface area contributed by atoms with Crippen LogP contribution in [0.2, 0.25) is 5.02 Å². The lowest BCUT2D eigenvalue weighted by Gasteiger charge is -2.11. The van der Waals surface area contributed by atoms with Crippen LogP contribution in [0.3, 0.4) is 0 Å². The number of nitrogens with one attached hydrogen (secondary N) is 2. The molecule has 1 unspecified atom stereocenters. The van der Waals surface area contributed by atoms with Gasteiger partial charge in [0.15, 0.2) is 5.16 Å². The highest BCUT2D eigenvalue weighted by atomic mass is 35.5. The Bertz CT molecular complexity index is 1090. The molecule has 4 rings (SSSR count). The summed E-state index contributed by atoms with van der Waals surface area (Å²) in [4.78, 5) is 20.9. The van der Waals surface area contributed by atoms with Gasteiger partial charge in [-0.05, 0) is 19.1 Å². The molecule has 0 fully saturated rings. The van der Waals surface area contributed by atoms with Crippen LogP contribution in [0.1, 0.15) is 6.92 Å². The second-order valence-corrected chi connectivity index (χ2v) is 8.46. The molecule has 150 valence electrons. The van der Waals surface area contributed by atoms with Crippen LogP contribution >= 0.6 is 23.4 Å². The van der Waals surface area contributed by atoms with E-state index in [9.17, 15) is 4.79 Å². The number of para-hydroxylation sites is 1. The number of thioether (sulfide) groups is 1. The summed E-state index contributed by atoms with van der Waals surface area (Å²) in [5.74, 6) is -0.132. The second-order valence-electron chi connectivity index (χ2n) is 6.73. The number of aromatic nitrogens is 2. The molecule has 30 heavy (non-hydrogen) atoms. The summed E-state index contributed by atoms with van der Waals surface area (Å²) in [6, 6.07) is 27.3. The molecule has 0 spiro atoms. The second kappa shape index (κ2) is 9.20. The van der Waals surface area contributed by atoms with Crippen LogP contribution in [-0.4, -0.2) is 21.1 Å². The first-order valence-electron chi connectivity index (χ1n) is 9.54. The zero-order valence-corrected chi connectivity index (χ0v) is 17.9. The lowest BCUT2D eigenvalue weighted by Crippen LogP contribution is -2.22. The van der Waals surface area contributed by atoms with Gasteiger partial charge in [0.05, 0.1) is 27.3 Å². The monoisotopic (exact) mass is 433 g/mol. The third-order valence-electron chi connectivity index (χ3n) is 4.58. The maximum Gasteiger partial charge on any atom is 0.237 e. The van der Waals surface area contributed by atoms with E-state index in [1.54, 1.807) is 12.1 Å². The SMILES string of the molecule is CC(Sc1nc(-c2ccccc2)c(-c2ccccc2)[nH]1)C(=O)Nc1ccccc1Cl. The predicted molar refractivity (Wildman–Crippen MR) is 125 cm³/mol. The van der Waals surface area contributed by atoms with E-state index in [-0.39, 0.29) is 11.2 Å². The molecule has 1 atom stereocenters. The average Bonchev–Trinajstić information content (AvgIpc) is 3.20. The third kappa shape index (κ3) is 4.58. The number of aromatic amines is 1. The van der Waals surface area contributed by atoms with Gasteiger partial charge < -0.3 is 10.3 Å². The van der Waals surface area contributed by atoms with E-state index >= 15 is 0 Å². The third-order valence-corrected chi connectivity index (χ3v) is 5.89. The van der Waals surface area contributed by atoms with Gasteiger partial charge in [-0.2, -0.15) is 0 Å². The van der Waals surface area contributed by atoms with Crippen LogP contribution in [0.25, 0.3) is 22.5 Å². The minimum Gasteiger partial charge on any atom is -0.332 e. The number of hydrogen-bond acceptors (Lipinski definition) is 3. The smallest absolute Gasteiger partial charge is 0.237 e. The van der Waals surface area contributed by atoms with Crippen LogP contribution in [0, 0.1) is 0 Å². The maximum atomic E-state index is 12.7. The van der Waals surface area contributed by atoms with E-state index in [0.29, 0.717) is 15.9 Å². The largest absolute Gasteiger partial charge is 0.332 e. The first kappa shape index (κ1) is 20.3. The molecule has 4 aromatic rings. The maximum absolute atomic E-state index is 12.7. The molecule has 0 aliphatic rings. The summed E-state index contributed by atoms with van der Waals surface area (Å²) in [7, 11) is 0. The van der Waals surface area contributed by atoms with Crippen molar-refractivity contribution in [1.29, 1.82) is 0 Å².